The van der Waals surface area contributed by atoms with Gasteiger partial charge in [-0.15, -0.1) is 0 Å². The molecule has 0 spiro atoms. The number of hydrogen-bond acceptors (Lipinski definition) is 6. The van der Waals surface area contributed by atoms with Gasteiger partial charge in [0, 0.05) is 12.3 Å². The van der Waals surface area contributed by atoms with Gasteiger partial charge in [0.1, 0.15) is 12.0 Å². The van der Waals surface area contributed by atoms with Gasteiger partial charge in [-0.25, -0.2) is 9.78 Å². The molecule has 2 rings (SSSR count). The van der Waals surface area contributed by atoms with Crippen LogP contribution in [0.2, 0.25) is 0 Å². The molecular formula is C16H15N3O4. The van der Waals surface area contributed by atoms with Crippen molar-refractivity contribution in [2.45, 2.75) is 6.92 Å². The largest absolute Gasteiger partial charge is 0.462 e. The fourth-order valence-electron chi connectivity index (χ4n) is 1.81. The lowest BCUT2D eigenvalue weighted by Crippen LogP contribution is -2.08. The normalized spacial score (nSPS) is 10.9. The van der Waals surface area contributed by atoms with Gasteiger partial charge in [0.2, 0.25) is 0 Å². The number of esters is 1. The van der Waals surface area contributed by atoms with E-state index in [2.05, 4.69) is 10.3 Å². The van der Waals surface area contributed by atoms with Gasteiger partial charge in [0.25, 0.3) is 5.69 Å². The smallest absolute Gasteiger partial charge is 0.340 e. The molecule has 1 aromatic heterocycles. The minimum absolute atomic E-state index is 0.104. The number of nitro groups is 1. The molecule has 7 heteroatoms. The third kappa shape index (κ3) is 4.37. The van der Waals surface area contributed by atoms with Crippen molar-refractivity contribution in [2.75, 3.05) is 11.9 Å². The lowest BCUT2D eigenvalue weighted by molar-refractivity contribution is -0.385. The summed E-state index contributed by atoms with van der Waals surface area (Å²) in [7, 11) is 0. The first-order chi connectivity index (χ1) is 11.1. The van der Waals surface area contributed by atoms with Crippen LogP contribution in [0.3, 0.4) is 0 Å². The number of aromatic nitrogens is 1. The molecule has 1 aromatic carbocycles. The quantitative estimate of drug-likeness (QED) is 0.381. The Morgan fingerprint density at radius 2 is 2.04 bits per heavy atom. The molecule has 0 atom stereocenters. The van der Waals surface area contributed by atoms with Crippen LogP contribution in [0.1, 0.15) is 12.5 Å². The Morgan fingerprint density at radius 3 is 2.61 bits per heavy atom. The summed E-state index contributed by atoms with van der Waals surface area (Å²) in [4.78, 5) is 26.1. The molecule has 118 valence electrons. The zero-order chi connectivity index (χ0) is 16.7. The van der Waals surface area contributed by atoms with E-state index in [1.807, 2.05) is 18.2 Å². The summed E-state index contributed by atoms with van der Waals surface area (Å²) < 4.78 is 5.04. The monoisotopic (exact) mass is 313 g/mol. The Bertz CT molecular complexity index is 712. The molecule has 0 amide bonds. The molecule has 1 N–H and O–H groups in total. The minimum atomic E-state index is -0.527. The maximum absolute atomic E-state index is 12.1. The van der Waals surface area contributed by atoms with Crippen molar-refractivity contribution in [1.29, 1.82) is 0 Å². The molecule has 2 aromatic rings. The summed E-state index contributed by atoms with van der Waals surface area (Å²) in [5.74, 6) is -0.0820. The van der Waals surface area contributed by atoms with Crippen molar-refractivity contribution < 1.29 is 14.5 Å². The van der Waals surface area contributed by atoms with Gasteiger partial charge in [-0.3, -0.25) is 10.1 Å². The van der Waals surface area contributed by atoms with Crippen molar-refractivity contribution >= 4 is 23.0 Å². The molecule has 0 radical (unpaired) electrons. The van der Waals surface area contributed by atoms with E-state index in [9.17, 15) is 14.9 Å². The standard InChI is InChI=1S/C16H15N3O4/c1-2-23-16(20)14(12-6-4-3-5-7-12)11-18-15-9-8-13(10-17-15)19(21)22/h3-11H,2H2,1H3,(H,17,18). The van der Waals surface area contributed by atoms with E-state index in [0.29, 0.717) is 17.0 Å². The molecule has 7 nitrogen and oxygen atoms in total. The van der Waals surface area contributed by atoms with Gasteiger partial charge in [0.15, 0.2) is 0 Å². The lowest BCUT2D eigenvalue weighted by atomic mass is 10.1. The van der Waals surface area contributed by atoms with Crippen LogP contribution in [0.15, 0.2) is 54.9 Å². The van der Waals surface area contributed by atoms with Crippen LogP contribution in [-0.4, -0.2) is 22.5 Å². The second kappa shape index (κ2) is 7.69. The Hall–Kier alpha value is -3.22. The number of nitrogens with zero attached hydrogens (tertiary/aromatic N) is 2. The summed E-state index contributed by atoms with van der Waals surface area (Å²) in [5, 5.41) is 13.4. The first-order valence-corrected chi connectivity index (χ1v) is 6.91. The van der Waals surface area contributed by atoms with Crippen molar-refractivity contribution in [3.05, 3.63) is 70.5 Å². The van der Waals surface area contributed by atoms with E-state index in [4.69, 9.17) is 4.74 Å². The number of pyridine rings is 1. The second-order valence-electron chi connectivity index (χ2n) is 4.45. The first-order valence-electron chi connectivity index (χ1n) is 6.91. The average molecular weight is 313 g/mol. The van der Waals surface area contributed by atoms with Crippen LogP contribution >= 0.6 is 0 Å². The summed E-state index contributed by atoms with van der Waals surface area (Å²) in [6.07, 6.45) is 2.62. The van der Waals surface area contributed by atoms with E-state index in [-0.39, 0.29) is 12.3 Å². The van der Waals surface area contributed by atoms with E-state index in [1.54, 1.807) is 19.1 Å². The van der Waals surface area contributed by atoms with Crippen LogP contribution in [0.5, 0.6) is 0 Å². The molecule has 0 aliphatic rings. The zero-order valence-electron chi connectivity index (χ0n) is 12.4. The Morgan fingerprint density at radius 1 is 1.30 bits per heavy atom. The molecule has 0 bridgehead atoms. The molecule has 0 unspecified atom stereocenters. The number of benzene rings is 1. The van der Waals surface area contributed by atoms with Crippen LogP contribution < -0.4 is 5.32 Å². The van der Waals surface area contributed by atoms with Gasteiger partial charge in [-0.1, -0.05) is 30.3 Å². The number of carbonyl (C=O) groups is 1. The predicted octanol–water partition coefficient (Wildman–Crippen LogP) is 3.01. The van der Waals surface area contributed by atoms with E-state index < -0.39 is 10.9 Å². The average Bonchev–Trinajstić information content (AvgIpc) is 2.57. The molecule has 0 saturated carbocycles. The summed E-state index contributed by atoms with van der Waals surface area (Å²) in [5.41, 5.74) is 0.932. The number of hydrogen-bond donors (Lipinski definition) is 1. The van der Waals surface area contributed by atoms with Crippen molar-refractivity contribution in [1.82, 2.24) is 4.98 Å². The van der Waals surface area contributed by atoms with Gasteiger partial charge in [0.05, 0.1) is 17.1 Å². The third-order valence-electron chi connectivity index (χ3n) is 2.90. The highest BCUT2D eigenvalue weighted by Gasteiger charge is 2.13. The van der Waals surface area contributed by atoms with Crippen LogP contribution in [-0.2, 0) is 9.53 Å². The predicted molar refractivity (Wildman–Crippen MR) is 85.6 cm³/mol. The molecule has 0 fully saturated rings. The van der Waals surface area contributed by atoms with Gasteiger partial charge >= 0.3 is 5.97 Å². The highest BCUT2D eigenvalue weighted by Crippen LogP contribution is 2.17. The van der Waals surface area contributed by atoms with Crippen molar-refractivity contribution in [2.24, 2.45) is 0 Å². The van der Waals surface area contributed by atoms with Crippen LogP contribution in [0.4, 0.5) is 11.5 Å². The summed E-state index contributed by atoms with van der Waals surface area (Å²) in [6.45, 7) is 1.99. The number of rotatable bonds is 6. The van der Waals surface area contributed by atoms with E-state index in [0.717, 1.165) is 6.20 Å². The SMILES string of the molecule is CCOC(=O)C(=CNc1ccc([N+](=O)[O-])cn1)c1ccccc1. The van der Waals surface area contributed by atoms with Crippen molar-refractivity contribution in [3.8, 4) is 0 Å². The fourth-order valence-corrected chi connectivity index (χ4v) is 1.81. The van der Waals surface area contributed by atoms with E-state index in [1.165, 1.54) is 18.3 Å². The number of ether oxygens (including phenoxy) is 1. The first kappa shape index (κ1) is 16.2. The number of nitrogens with one attached hydrogen (secondary N) is 1. The summed E-state index contributed by atoms with van der Waals surface area (Å²) >= 11 is 0. The Kier molecular flexibility index (Phi) is 5.40. The van der Waals surface area contributed by atoms with Gasteiger partial charge < -0.3 is 10.1 Å². The zero-order valence-corrected chi connectivity index (χ0v) is 12.4. The van der Waals surface area contributed by atoms with Crippen molar-refractivity contribution in [3.63, 3.8) is 0 Å². The molecule has 23 heavy (non-hydrogen) atoms. The minimum Gasteiger partial charge on any atom is -0.462 e. The Balaban J connectivity index is 2.23. The van der Waals surface area contributed by atoms with Crippen LogP contribution in [0, 0.1) is 10.1 Å². The molecule has 0 saturated heterocycles. The topological polar surface area (TPSA) is 94.4 Å². The number of anilines is 1. The molecule has 0 aliphatic heterocycles. The number of carbonyl (C=O) groups excluding carboxylic acids is 1. The third-order valence-corrected chi connectivity index (χ3v) is 2.90. The molecular weight excluding hydrogens is 298 g/mol. The maximum Gasteiger partial charge on any atom is 0.340 e. The Labute approximate surface area is 132 Å². The van der Waals surface area contributed by atoms with Gasteiger partial charge in [-0.05, 0) is 18.6 Å². The summed E-state index contributed by atoms with van der Waals surface area (Å²) in [6, 6.07) is 11.8. The van der Waals surface area contributed by atoms with Crippen LogP contribution in [0.25, 0.3) is 5.57 Å². The van der Waals surface area contributed by atoms with Gasteiger partial charge in [-0.2, -0.15) is 0 Å². The second-order valence-corrected chi connectivity index (χ2v) is 4.45. The fraction of sp³-hybridized carbons (Fsp3) is 0.125. The van der Waals surface area contributed by atoms with E-state index >= 15 is 0 Å². The lowest BCUT2D eigenvalue weighted by Gasteiger charge is -2.08. The molecule has 1 heterocycles. The highest BCUT2D eigenvalue weighted by atomic mass is 16.6. The molecule has 0 aliphatic carbocycles. The maximum atomic E-state index is 12.1. The highest BCUT2D eigenvalue weighted by molar-refractivity contribution is 6.16.